The Balaban J connectivity index is 2.75. The molecule has 0 spiro atoms. The van der Waals surface area contributed by atoms with Crippen molar-refractivity contribution in [3.63, 3.8) is 0 Å². The van der Waals surface area contributed by atoms with E-state index in [1.54, 1.807) is 0 Å². The number of carbonyl (C=O) groups is 1. The highest BCUT2D eigenvalue weighted by atomic mass is 32.2. The van der Waals surface area contributed by atoms with Crippen LogP contribution in [0.5, 0.6) is 0 Å². The van der Waals surface area contributed by atoms with Crippen molar-refractivity contribution in [3.8, 4) is 0 Å². The second-order valence-electron chi connectivity index (χ2n) is 6.57. The molecular formula is C14H24F2O5S. The van der Waals surface area contributed by atoms with E-state index in [9.17, 15) is 22.0 Å². The van der Waals surface area contributed by atoms with Gasteiger partial charge in [-0.2, -0.15) is 17.2 Å². The smallest absolute Gasteiger partial charge is 0.460 e. The van der Waals surface area contributed by atoms with Gasteiger partial charge in [0, 0.05) is 5.41 Å². The van der Waals surface area contributed by atoms with Gasteiger partial charge >= 0.3 is 21.3 Å². The van der Waals surface area contributed by atoms with Gasteiger partial charge in [0.25, 0.3) is 0 Å². The van der Waals surface area contributed by atoms with Crippen molar-refractivity contribution in [2.45, 2.75) is 58.1 Å². The number of halogens is 2. The molecule has 0 radical (unpaired) electrons. The number of carbonyl (C=O) groups excluding carboxylic acids is 1. The van der Waals surface area contributed by atoms with Gasteiger partial charge in [-0.3, -0.25) is 4.55 Å². The predicted octanol–water partition coefficient (Wildman–Crippen LogP) is 3.25. The van der Waals surface area contributed by atoms with Gasteiger partial charge in [0.05, 0.1) is 6.61 Å². The van der Waals surface area contributed by atoms with Crippen molar-refractivity contribution < 1.29 is 31.3 Å². The fraction of sp³-hybridized carbons (Fsp3) is 0.929. The molecule has 5 nitrogen and oxygen atoms in total. The lowest BCUT2D eigenvalue weighted by molar-refractivity contribution is -0.166. The minimum Gasteiger partial charge on any atom is -0.460 e. The quantitative estimate of drug-likeness (QED) is 0.592. The highest BCUT2D eigenvalue weighted by Gasteiger charge is 2.54. The van der Waals surface area contributed by atoms with Crippen LogP contribution in [0, 0.1) is 17.3 Å². The van der Waals surface area contributed by atoms with Crippen molar-refractivity contribution in [2.75, 3.05) is 6.61 Å². The standard InChI is InChI=1S/C14H24F2O5S/c1-4-10-6-11(5-2)8-13(3,7-10)9-21-12(17)14(15,16)22(18,19)20/h10-11H,4-9H2,1-3H3,(H,18,19,20)/t10-,11?,13?/m0/s1. The Labute approximate surface area is 130 Å². The van der Waals surface area contributed by atoms with Gasteiger partial charge in [-0.1, -0.05) is 33.6 Å². The molecule has 0 saturated heterocycles. The lowest BCUT2D eigenvalue weighted by Gasteiger charge is -2.41. The molecule has 3 atom stereocenters. The molecule has 8 heteroatoms. The normalized spacial score (nSPS) is 30.1. The molecule has 0 aromatic rings. The van der Waals surface area contributed by atoms with Gasteiger partial charge in [0.2, 0.25) is 0 Å². The van der Waals surface area contributed by atoms with Crippen molar-refractivity contribution in [3.05, 3.63) is 0 Å². The number of esters is 1. The molecule has 0 heterocycles. The largest absolute Gasteiger partial charge is 0.465 e. The fourth-order valence-electron chi connectivity index (χ4n) is 3.28. The van der Waals surface area contributed by atoms with E-state index >= 15 is 0 Å². The van der Waals surface area contributed by atoms with Gasteiger partial charge in [0.1, 0.15) is 0 Å². The Kier molecular flexibility index (Phi) is 5.94. The first-order valence-electron chi connectivity index (χ1n) is 7.47. The molecule has 1 fully saturated rings. The van der Waals surface area contributed by atoms with Crippen LogP contribution < -0.4 is 0 Å². The summed E-state index contributed by atoms with van der Waals surface area (Å²) in [6.45, 7) is 5.70. The van der Waals surface area contributed by atoms with Gasteiger partial charge in [-0.05, 0) is 31.1 Å². The summed E-state index contributed by atoms with van der Waals surface area (Å²) in [5, 5.41) is -4.92. The zero-order valence-electron chi connectivity index (χ0n) is 13.1. The number of alkyl halides is 2. The van der Waals surface area contributed by atoms with Crippen LogP contribution in [-0.4, -0.2) is 30.8 Å². The van der Waals surface area contributed by atoms with Crippen molar-refractivity contribution in [1.29, 1.82) is 0 Å². The van der Waals surface area contributed by atoms with E-state index in [2.05, 4.69) is 18.6 Å². The van der Waals surface area contributed by atoms with E-state index in [1.807, 2.05) is 6.92 Å². The van der Waals surface area contributed by atoms with Crippen molar-refractivity contribution >= 4 is 16.1 Å². The zero-order valence-corrected chi connectivity index (χ0v) is 14.0. The summed E-state index contributed by atoms with van der Waals surface area (Å²) in [6, 6.07) is 0. The van der Waals surface area contributed by atoms with Crippen LogP contribution >= 0.6 is 0 Å². The van der Waals surface area contributed by atoms with Crippen LogP contribution in [0.4, 0.5) is 8.78 Å². The average molecular weight is 342 g/mol. The van der Waals surface area contributed by atoms with Crippen molar-refractivity contribution in [2.24, 2.45) is 17.3 Å². The minimum absolute atomic E-state index is 0.274. The van der Waals surface area contributed by atoms with Crippen LogP contribution in [0.2, 0.25) is 0 Å². The molecule has 0 aromatic heterocycles. The van der Waals surface area contributed by atoms with E-state index < -0.39 is 26.8 Å². The SMILES string of the molecule is CCC1C[C@H](CC)CC(C)(COC(=O)C(F)(F)S(=O)(=O)O)C1. The lowest BCUT2D eigenvalue weighted by atomic mass is 9.65. The molecule has 0 aliphatic heterocycles. The molecule has 0 amide bonds. The highest BCUT2D eigenvalue weighted by molar-refractivity contribution is 7.87. The molecule has 0 bridgehead atoms. The average Bonchev–Trinajstić information content (AvgIpc) is 2.42. The van der Waals surface area contributed by atoms with Crippen LogP contribution in [0.1, 0.15) is 52.9 Å². The third-order valence-electron chi connectivity index (χ3n) is 4.50. The monoisotopic (exact) mass is 342 g/mol. The molecule has 1 aliphatic rings. The van der Waals surface area contributed by atoms with Gasteiger partial charge in [-0.15, -0.1) is 0 Å². The molecule has 0 aromatic carbocycles. The van der Waals surface area contributed by atoms with Gasteiger partial charge < -0.3 is 4.74 Å². The number of hydrogen-bond acceptors (Lipinski definition) is 4. The maximum Gasteiger partial charge on any atom is 0.465 e. The predicted molar refractivity (Wildman–Crippen MR) is 77.0 cm³/mol. The molecule has 22 heavy (non-hydrogen) atoms. The second kappa shape index (κ2) is 6.78. The third-order valence-corrected chi connectivity index (χ3v) is 5.31. The summed E-state index contributed by atoms with van der Waals surface area (Å²) in [4.78, 5) is 11.3. The summed E-state index contributed by atoms with van der Waals surface area (Å²) >= 11 is 0. The first kappa shape index (κ1) is 19.3. The Morgan fingerprint density at radius 2 is 1.73 bits per heavy atom. The molecule has 1 saturated carbocycles. The maximum atomic E-state index is 13.2. The van der Waals surface area contributed by atoms with E-state index in [-0.39, 0.29) is 6.61 Å². The summed E-state index contributed by atoms with van der Waals surface area (Å²) in [7, 11) is -5.81. The maximum absolute atomic E-state index is 13.2. The molecule has 1 N–H and O–H groups in total. The topological polar surface area (TPSA) is 80.7 Å². The summed E-state index contributed by atoms with van der Waals surface area (Å²) in [5.41, 5.74) is -0.454. The molecular weight excluding hydrogens is 318 g/mol. The van der Waals surface area contributed by atoms with E-state index in [1.165, 1.54) is 0 Å². The zero-order chi connectivity index (χ0) is 17.2. The molecule has 1 aliphatic carbocycles. The molecule has 130 valence electrons. The Morgan fingerprint density at radius 1 is 1.27 bits per heavy atom. The number of ether oxygens (including phenoxy) is 1. The van der Waals surface area contributed by atoms with E-state index in [4.69, 9.17) is 4.55 Å². The molecule has 1 rings (SSSR count). The van der Waals surface area contributed by atoms with Crippen LogP contribution in [0.25, 0.3) is 0 Å². The Hall–Kier alpha value is -0.760. The van der Waals surface area contributed by atoms with Crippen LogP contribution in [-0.2, 0) is 19.6 Å². The Morgan fingerprint density at radius 3 is 2.09 bits per heavy atom. The lowest BCUT2D eigenvalue weighted by Crippen LogP contribution is -2.42. The summed E-state index contributed by atoms with van der Waals surface area (Å²) in [6.07, 6.45) is 4.47. The van der Waals surface area contributed by atoms with E-state index in [0.717, 1.165) is 32.1 Å². The number of hydrogen-bond donors (Lipinski definition) is 1. The van der Waals surface area contributed by atoms with E-state index in [0.29, 0.717) is 11.8 Å². The molecule has 2 unspecified atom stereocenters. The Bertz CT molecular complexity index is 491. The second-order valence-corrected chi connectivity index (χ2v) is 8.03. The van der Waals surface area contributed by atoms with Gasteiger partial charge in [0.15, 0.2) is 0 Å². The third kappa shape index (κ3) is 4.38. The number of rotatable bonds is 6. The van der Waals surface area contributed by atoms with Crippen LogP contribution in [0.3, 0.4) is 0 Å². The first-order valence-corrected chi connectivity index (χ1v) is 8.91. The van der Waals surface area contributed by atoms with Crippen molar-refractivity contribution in [1.82, 2.24) is 0 Å². The highest BCUT2D eigenvalue weighted by Crippen LogP contribution is 2.44. The van der Waals surface area contributed by atoms with Crippen LogP contribution in [0.15, 0.2) is 0 Å². The first-order chi connectivity index (χ1) is 9.95. The van der Waals surface area contributed by atoms with Gasteiger partial charge in [-0.25, -0.2) is 4.79 Å². The summed E-state index contributed by atoms with van der Waals surface area (Å²) < 4.78 is 60.3. The fourth-order valence-corrected chi connectivity index (χ4v) is 3.55. The summed E-state index contributed by atoms with van der Waals surface area (Å²) in [5.74, 6) is -1.35. The minimum atomic E-state index is -5.81.